The zero-order valence-electron chi connectivity index (χ0n) is 10.1. The maximum Gasteiger partial charge on any atom is 0.211 e. The number of anilines is 1. The number of carbonyl (C=O) groups excluding carboxylic acids is 1. The molecule has 6 nitrogen and oxygen atoms in total. The summed E-state index contributed by atoms with van der Waals surface area (Å²) in [5.74, 6) is 0.772. The fourth-order valence-electron chi connectivity index (χ4n) is 1.90. The minimum Gasteiger partial charge on any atom is -0.354 e. The zero-order valence-corrected chi connectivity index (χ0v) is 10.9. The number of hydrogen-bond acceptors (Lipinski definition) is 5. The second kappa shape index (κ2) is 5.03. The molecule has 0 bridgehead atoms. The molecule has 7 heteroatoms. The predicted molar refractivity (Wildman–Crippen MR) is 68.3 cm³/mol. The Labute approximate surface area is 106 Å². The van der Waals surface area contributed by atoms with Crippen LogP contribution in [0.4, 0.5) is 5.82 Å². The number of aromatic nitrogens is 1. The van der Waals surface area contributed by atoms with E-state index in [1.165, 1.54) is 16.8 Å². The Hall–Kier alpha value is -1.47. The standard InChI is InChI=1S/C11H15N3O3S/c1-18(16,17)14-6-4-13(5-7-14)11-3-2-10(9-15)8-12-11/h2-3,8-9H,4-7H2,1H3. The van der Waals surface area contributed by atoms with E-state index < -0.39 is 10.0 Å². The number of sulfonamides is 1. The number of piperazine rings is 1. The first kappa shape index (κ1) is 13.0. The largest absolute Gasteiger partial charge is 0.354 e. The van der Waals surface area contributed by atoms with Crippen LogP contribution in [0.2, 0.25) is 0 Å². The van der Waals surface area contributed by atoms with Gasteiger partial charge in [0.1, 0.15) is 5.82 Å². The fraction of sp³-hybridized carbons (Fsp3) is 0.455. The van der Waals surface area contributed by atoms with Gasteiger partial charge in [0.05, 0.1) is 6.26 Å². The van der Waals surface area contributed by atoms with Gasteiger partial charge in [-0.2, -0.15) is 4.31 Å². The highest BCUT2D eigenvalue weighted by atomic mass is 32.2. The number of aldehydes is 1. The van der Waals surface area contributed by atoms with E-state index in [9.17, 15) is 13.2 Å². The molecule has 0 radical (unpaired) electrons. The molecule has 0 N–H and O–H groups in total. The maximum atomic E-state index is 11.4. The summed E-state index contributed by atoms with van der Waals surface area (Å²) in [6.07, 6.45) is 3.49. The summed E-state index contributed by atoms with van der Waals surface area (Å²) in [7, 11) is -3.10. The average Bonchev–Trinajstić information content (AvgIpc) is 2.38. The first-order valence-electron chi connectivity index (χ1n) is 5.62. The normalized spacial score (nSPS) is 17.7. The molecule has 0 atom stereocenters. The lowest BCUT2D eigenvalue weighted by atomic mass is 10.3. The van der Waals surface area contributed by atoms with Crippen molar-refractivity contribution in [1.82, 2.24) is 9.29 Å². The average molecular weight is 269 g/mol. The lowest BCUT2D eigenvalue weighted by Gasteiger charge is -2.33. The third-order valence-electron chi connectivity index (χ3n) is 2.94. The lowest BCUT2D eigenvalue weighted by Crippen LogP contribution is -2.48. The highest BCUT2D eigenvalue weighted by molar-refractivity contribution is 7.88. The molecule has 1 aromatic rings. The second-order valence-electron chi connectivity index (χ2n) is 4.22. The Balaban J connectivity index is 2.03. The Kier molecular flexibility index (Phi) is 3.63. The summed E-state index contributed by atoms with van der Waals surface area (Å²) < 4.78 is 24.2. The van der Waals surface area contributed by atoms with Gasteiger partial charge in [-0.1, -0.05) is 0 Å². The first-order valence-corrected chi connectivity index (χ1v) is 7.47. The third-order valence-corrected chi connectivity index (χ3v) is 4.24. The van der Waals surface area contributed by atoms with Crippen LogP contribution in [0, 0.1) is 0 Å². The molecule has 1 aliphatic heterocycles. The SMILES string of the molecule is CS(=O)(=O)N1CCN(c2ccc(C=O)cn2)CC1. The first-order chi connectivity index (χ1) is 8.50. The van der Waals surface area contributed by atoms with Gasteiger partial charge in [-0.3, -0.25) is 4.79 Å². The van der Waals surface area contributed by atoms with Gasteiger partial charge < -0.3 is 4.90 Å². The van der Waals surface area contributed by atoms with Crippen LogP contribution < -0.4 is 4.90 Å². The van der Waals surface area contributed by atoms with Crippen molar-refractivity contribution in [3.05, 3.63) is 23.9 Å². The van der Waals surface area contributed by atoms with Crippen LogP contribution in [0.5, 0.6) is 0 Å². The highest BCUT2D eigenvalue weighted by Gasteiger charge is 2.23. The van der Waals surface area contributed by atoms with E-state index in [1.54, 1.807) is 12.1 Å². The lowest BCUT2D eigenvalue weighted by molar-refractivity contribution is 0.112. The number of carbonyl (C=O) groups is 1. The molecule has 2 heterocycles. The number of rotatable bonds is 3. The summed E-state index contributed by atoms with van der Waals surface area (Å²) in [6.45, 7) is 2.16. The van der Waals surface area contributed by atoms with E-state index in [-0.39, 0.29) is 0 Å². The van der Waals surface area contributed by atoms with Crippen LogP contribution in [0.25, 0.3) is 0 Å². The van der Waals surface area contributed by atoms with Crippen LogP contribution in [-0.2, 0) is 10.0 Å². The van der Waals surface area contributed by atoms with Crippen molar-refractivity contribution in [1.29, 1.82) is 0 Å². The molecular weight excluding hydrogens is 254 g/mol. The molecule has 1 fully saturated rings. The van der Waals surface area contributed by atoms with Crippen molar-refractivity contribution in [3.8, 4) is 0 Å². The molecule has 2 rings (SSSR count). The molecule has 98 valence electrons. The topological polar surface area (TPSA) is 70.6 Å². The Bertz CT molecular complexity index is 519. The van der Waals surface area contributed by atoms with Gasteiger partial charge in [0, 0.05) is 37.9 Å². The van der Waals surface area contributed by atoms with Crippen LogP contribution in [-0.4, -0.2) is 56.4 Å². The predicted octanol–water partition coefficient (Wildman–Crippen LogP) is -0.0243. The number of hydrogen-bond donors (Lipinski definition) is 0. The van der Waals surface area contributed by atoms with Crippen molar-refractivity contribution in [2.45, 2.75) is 0 Å². The monoisotopic (exact) mass is 269 g/mol. The zero-order chi connectivity index (χ0) is 13.2. The van der Waals surface area contributed by atoms with Gasteiger partial charge in [0.15, 0.2) is 6.29 Å². The third kappa shape index (κ3) is 2.85. The highest BCUT2D eigenvalue weighted by Crippen LogP contribution is 2.14. The number of nitrogens with zero attached hydrogens (tertiary/aromatic N) is 3. The van der Waals surface area contributed by atoms with Crippen LogP contribution in [0.1, 0.15) is 10.4 Å². The molecule has 0 aliphatic carbocycles. The smallest absolute Gasteiger partial charge is 0.211 e. The summed E-state index contributed by atoms with van der Waals surface area (Å²) in [6, 6.07) is 3.48. The van der Waals surface area contributed by atoms with Crippen molar-refractivity contribution >= 4 is 22.1 Å². The number of pyridine rings is 1. The molecule has 18 heavy (non-hydrogen) atoms. The molecular formula is C11H15N3O3S. The van der Waals surface area contributed by atoms with Gasteiger partial charge in [-0.15, -0.1) is 0 Å². The van der Waals surface area contributed by atoms with Crippen molar-refractivity contribution in [2.75, 3.05) is 37.3 Å². The molecule has 1 aromatic heterocycles. The van der Waals surface area contributed by atoms with Gasteiger partial charge in [0.2, 0.25) is 10.0 Å². The van der Waals surface area contributed by atoms with Crippen molar-refractivity contribution in [3.63, 3.8) is 0 Å². The Morgan fingerprint density at radius 1 is 1.22 bits per heavy atom. The van der Waals surface area contributed by atoms with Gasteiger partial charge in [-0.25, -0.2) is 13.4 Å². The molecule has 0 unspecified atom stereocenters. The molecule has 0 spiro atoms. The quantitative estimate of drug-likeness (QED) is 0.721. The molecule has 0 aromatic carbocycles. The van der Waals surface area contributed by atoms with Gasteiger partial charge in [0.25, 0.3) is 0 Å². The molecule has 1 aliphatic rings. The van der Waals surface area contributed by atoms with Crippen molar-refractivity contribution in [2.24, 2.45) is 0 Å². The van der Waals surface area contributed by atoms with Crippen LogP contribution in [0.15, 0.2) is 18.3 Å². The minimum absolute atomic E-state index is 0.468. The van der Waals surface area contributed by atoms with E-state index in [2.05, 4.69) is 4.98 Å². The van der Waals surface area contributed by atoms with Gasteiger partial charge >= 0.3 is 0 Å². The van der Waals surface area contributed by atoms with Gasteiger partial charge in [-0.05, 0) is 12.1 Å². The summed E-state index contributed by atoms with van der Waals surface area (Å²) >= 11 is 0. The summed E-state index contributed by atoms with van der Waals surface area (Å²) in [5.41, 5.74) is 0.536. The maximum absolute atomic E-state index is 11.4. The molecule has 0 saturated carbocycles. The molecule has 0 amide bonds. The van der Waals surface area contributed by atoms with E-state index in [0.29, 0.717) is 31.7 Å². The van der Waals surface area contributed by atoms with Crippen LogP contribution >= 0.6 is 0 Å². The Morgan fingerprint density at radius 2 is 1.89 bits per heavy atom. The summed E-state index contributed by atoms with van der Waals surface area (Å²) in [5, 5.41) is 0. The summed E-state index contributed by atoms with van der Waals surface area (Å²) in [4.78, 5) is 16.7. The molecule has 1 saturated heterocycles. The van der Waals surface area contributed by atoms with Crippen molar-refractivity contribution < 1.29 is 13.2 Å². The minimum atomic E-state index is -3.10. The van der Waals surface area contributed by atoms with E-state index in [0.717, 1.165) is 12.1 Å². The van der Waals surface area contributed by atoms with Crippen LogP contribution in [0.3, 0.4) is 0 Å². The van der Waals surface area contributed by atoms with E-state index >= 15 is 0 Å². The fourth-order valence-corrected chi connectivity index (χ4v) is 2.73. The van der Waals surface area contributed by atoms with E-state index in [4.69, 9.17) is 0 Å². The Morgan fingerprint density at radius 3 is 2.33 bits per heavy atom. The van der Waals surface area contributed by atoms with E-state index in [1.807, 2.05) is 4.90 Å². The second-order valence-corrected chi connectivity index (χ2v) is 6.20.